The fourth-order valence-electron chi connectivity index (χ4n) is 2.69. The smallest absolute Gasteiger partial charge is 0.269 e. The van der Waals surface area contributed by atoms with Crippen LogP contribution in [0.15, 0.2) is 71.8 Å². The standard InChI is InChI=1S/C23H22N4O4/c1-16-6-7-20(12-17(16)2)25-23(28)15-31-22-5-3-4-18(13-22)14-24-26-19-8-10-21(11-9-19)27(29)30/h3-14,26H,15H2,1-2H3,(H,25,28)/b24-14+. The first-order valence-corrected chi connectivity index (χ1v) is 9.54. The van der Waals surface area contributed by atoms with E-state index in [0.29, 0.717) is 11.4 Å². The molecule has 0 fully saturated rings. The minimum atomic E-state index is -0.458. The maximum atomic E-state index is 12.1. The Labute approximate surface area is 179 Å². The van der Waals surface area contributed by atoms with E-state index in [9.17, 15) is 14.9 Å². The number of nitro benzene ring substituents is 1. The summed E-state index contributed by atoms with van der Waals surface area (Å²) in [7, 11) is 0. The summed E-state index contributed by atoms with van der Waals surface area (Å²) in [4.78, 5) is 22.4. The lowest BCUT2D eigenvalue weighted by atomic mass is 10.1. The number of hydrogen-bond acceptors (Lipinski definition) is 6. The van der Waals surface area contributed by atoms with Crippen molar-refractivity contribution in [3.8, 4) is 5.75 Å². The zero-order valence-corrected chi connectivity index (χ0v) is 17.2. The van der Waals surface area contributed by atoms with Crippen molar-refractivity contribution in [2.45, 2.75) is 13.8 Å². The van der Waals surface area contributed by atoms with Gasteiger partial charge in [-0.2, -0.15) is 5.10 Å². The van der Waals surface area contributed by atoms with Crippen LogP contribution in [0.1, 0.15) is 16.7 Å². The van der Waals surface area contributed by atoms with Gasteiger partial charge in [-0.15, -0.1) is 0 Å². The molecule has 158 valence electrons. The first-order chi connectivity index (χ1) is 14.9. The molecule has 0 spiro atoms. The second-order valence-corrected chi connectivity index (χ2v) is 6.88. The number of hydrazone groups is 1. The number of nitro groups is 1. The summed E-state index contributed by atoms with van der Waals surface area (Å²) in [5, 5.41) is 17.6. The van der Waals surface area contributed by atoms with Gasteiger partial charge in [-0.3, -0.25) is 20.3 Å². The predicted octanol–water partition coefficient (Wildman–Crippen LogP) is 4.68. The minimum absolute atomic E-state index is 0.0147. The molecule has 0 saturated heterocycles. The van der Waals surface area contributed by atoms with Crippen LogP contribution in [0.25, 0.3) is 0 Å². The van der Waals surface area contributed by atoms with Crippen LogP contribution in [0, 0.1) is 24.0 Å². The highest BCUT2D eigenvalue weighted by molar-refractivity contribution is 5.92. The first-order valence-electron chi connectivity index (χ1n) is 9.54. The number of amides is 1. The highest BCUT2D eigenvalue weighted by Gasteiger charge is 2.06. The number of carbonyl (C=O) groups is 1. The summed E-state index contributed by atoms with van der Waals surface area (Å²) < 4.78 is 5.58. The lowest BCUT2D eigenvalue weighted by molar-refractivity contribution is -0.384. The number of anilines is 2. The van der Waals surface area contributed by atoms with Crippen molar-refractivity contribution in [2.24, 2.45) is 5.10 Å². The Hall–Kier alpha value is -4.20. The van der Waals surface area contributed by atoms with Crippen molar-refractivity contribution in [1.82, 2.24) is 0 Å². The van der Waals surface area contributed by atoms with Gasteiger partial charge >= 0.3 is 0 Å². The minimum Gasteiger partial charge on any atom is -0.484 e. The van der Waals surface area contributed by atoms with Crippen LogP contribution in [-0.2, 0) is 4.79 Å². The Balaban J connectivity index is 1.52. The monoisotopic (exact) mass is 418 g/mol. The van der Waals surface area contributed by atoms with Gasteiger partial charge in [0.05, 0.1) is 16.8 Å². The van der Waals surface area contributed by atoms with Crippen molar-refractivity contribution in [2.75, 3.05) is 17.3 Å². The Morgan fingerprint density at radius 2 is 1.77 bits per heavy atom. The molecule has 3 rings (SSSR count). The third-order valence-electron chi connectivity index (χ3n) is 4.50. The maximum Gasteiger partial charge on any atom is 0.269 e. The van der Waals surface area contributed by atoms with Crippen LogP contribution in [0.4, 0.5) is 17.1 Å². The SMILES string of the molecule is Cc1ccc(NC(=O)COc2cccc(/C=N/Nc3ccc([N+](=O)[O-])cc3)c2)cc1C. The number of carbonyl (C=O) groups excluding carboxylic acids is 1. The van der Waals surface area contributed by atoms with E-state index in [1.807, 2.05) is 38.1 Å². The summed E-state index contributed by atoms with van der Waals surface area (Å²) in [5.74, 6) is 0.289. The van der Waals surface area contributed by atoms with Crippen LogP contribution >= 0.6 is 0 Å². The van der Waals surface area contributed by atoms with Crippen molar-refractivity contribution in [3.63, 3.8) is 0 Å². The average molecular weight is 418 g/mol. The summed E-state index contributed by atoms with van der Waals surface area (Å²) in [5.41, 5.74) is 7.21. The Morgan fingerprint density at radius 1 is 1.03 bits per heavy atom. The molecule has 2 N–H and O–H groups in total. The topological polar surface area (TPSA) is 106 Å². The molecule has 0 aliphatic carbocycles. The van der Waals surface area contributed by atoms with Crippen LogP contribution in [-0.4, -0.2) is 23.7 Å². The molecule has 0 unspecified atom stereocenters. The molecule has 0 bridgehead atoms. The van der Waals surface area contributed by atoms with Gasteiger partial charge in [-0.05, 0) is 66.9 Å². The highest BCUT2D eigenvalue weighted by atomic mass is 16.6. The van der Waals surface area contributed by atoms with Gasteiger partial charge in [0.1, 0.15) is 5.75 Å². The molecule has 31 heavy (non-hydrogen) atoms. The largest absolute Gasteiger partial charge is 0.484 e. The summed E-state index contributed by atoms with van der Waals surface area (Å²) in [6.45, 7) is 3.89. The average Bonchev–Trinajstić information content (AvgIpc) is 2.75. The maximum absolute atomic E-state index is 12.1. The third-order valence-corrected chi connectivity index (χ3v) is 4.50. The molecule has 3 aromatic carbocycles. The molecule has 0 aromatic heterocycles. The molecular weight excluding hydrogens is 396 g/mol. The summed E-state index contributed by atoms with van der Waals surface area (Å²) in [6, 6.07) is 18.8. The summed E-state index contributed by atoms with van der Waals surface area (Å²) in [6.07, 6.45) is 1.59. The number of benzene rings is 3. The number of ether oxygens (including phenoxy) is 1. The molecule has 1 amide bonds. The Bertz CT molecular complexity index is 1110. The molecule has 0 radical (unpaired) electrons. The van der Waals surface area contributed by atoms with Gasteiger partial charge in [0.25, 0.3) is 11.6 Å². The predicted molar refractivity (Wildman–Crippen MR) is 121 cm³/mol. The lowest BCUT2D eigenvalue weighted by Crippen LogP contribution is -2.20. The second kappa shape index (κ2) is 10.0. The van der Waals surface area contributed by atoms with E-state index < -0.39 is 4.92 Å². The van der Waals surface area contributed by atoms with E-state index in [0.717, 1.165) is 22.4 Å². The number of aryl methyl sites for hydroxylation is 2. The quantitative estimate of drug-likeness (QED) is 0.314. The van der Waals surface area contributed by atoms with Crippen molar-refractivity contribution in [1.29, 1.82) is 0 Å². The van der Waals surface area contributed by atoms with Gasteiger partial charge in [0, 0.05) is 17.8 Å². The molecule has 3 aromatic rings. The highest BCUT2D eigenvalue weighted by Crippen LogP contribution is 2.17. The van der Waals surface area contributed by atoms with Gasteiger partial charge in [-0.1, -0.05) is 18.2 Å². The molecule has 0 saturated carbocycles. The van der Waals surface area contributed by atoms with E-state index in [4.69, 9.17) is 4.74 Å². The molecule has 0 heterocycles. The van der Waals surface area contributed by atoms with Crippen LogP contribution < -0.4 is 15.5 Å². The van der Waals surface area contributed by atoms with Crippen molar-refractivity contribution in [3.05, 3.63) is 93.5 Å². The zero-order chi connectivity index (χ0) is 22.2. The van der Waals surface area contributed by atoms with Crippen LogP contribution in [0.3, 0.4) is 0 Å². The van der Waals surface area contributed by atoms with Crippen LogP contribution in [0.2, 0.25) is 0 Å². The number of rotatable bonds is 8. The zero-order valence-electron chi connectivity index (χ0n) is 17.2. The van der Waals surface area contributed by atoms with Gasteiger partial charge in [-0.25, -0.2) is 0 Å². The molecule has 0 aliphatic heterocycles. The van der Waals surface area contributed by atoms with E-state index in [1.165, 1.54) is 12.1 Å². The fourth-order valence-corrected chi connectivity index (χ4v) is 2.69. The van der Waals surface area contributed by atoms with Gasteiger partial charge in [0.2, 0.25) is 0 Å². The number of nitrogens with zero attached hydrogens (tertiary/aromatic N) is 2. The lowest BCUT2D eigenvalue weighted by Gasteiger charge is -2.09. The Kier molecular flexibility index (Phi) is 6.95. The molecule has 8 nitrogen and oxygen atoms in total. The van der Waals surface area contributed by atoms with Crippen molar-refractivity contribution < 1.29 is 14.5 Å². The van der Waals surface area contributed by atoms with Crippen molar-refractivity contribution >= 4 is 29.2 Å². The van der Waals surface area contributed by atoms with E-state index in [2.05, 4.69) is 15.8 Å². The Morgan fingerprint density at radius 3 is 2.48 bits per heavy atom. The normalized spacial score (nSPS) is 10.6. The first kappa shape index (κ1) is 21.5. The summed E-state index contributed by atoms with van der Waals surface area (Å²) >= 11 is 0. The number of hydrogen-bond donors (Lipinski definition) is 2. The van der Waals surface area contributed by atoms with E-state index in [-0.39, 0.29) is 18.2 Å². The molecule has 0 atom stereocenters. The second-order valence-electron chi connectivity index (χ2n) is 6.88. The third kappa shape index (κ3) is 6.40. The van der Waals surface area contributed by atoms with Gasteiger partial charge in [0.15, 0.2) is 6.61 Å². The van der Waals surface area contributed by atoms with E-state index in [1.54, 1.807) is 36.5 Å². The fraction of sp³-hybridized carbons (Fsp3) is 0.130. The van der Waals surface area contributed by atoms with Gasteiger partial charge < -0.3 is 10.1 Å². The molecule has 0 aliphatic rings. The number of nitrogens with one attached hydrogen (secondary N) is 2. The van der Waals surface area contributed by atoms with E-state index >= 15 is 0 Å². The molecule has 8 heteroatoms. The molecular formula is C23H22N4O4. The number of non-ortho nitro benzene ring substituents is 1. The van der Waals surface area contributed by atoms with Crippen LogP contribution in [0.5, 0.6) is 5.75 Å².